The van der Waals surface area contributed by atoms with Gasteiger partial charge in [0.15, 0.2) is 5.65 Å². The summed E-state index contributed by atoms with van der Waals surface area (Å²) < 4.78 is 2.01. The second kappa shape index (κ2) is 5.89. The van der Waals surface area contributed by atoms with Crippen LogP contribution in [-0.2, 0) is 5.54 Å². The SMILES string of the molecule is NC1(c2ccc(-c3nc4[nH]c(=O)ncc4n3-c3ccccc3)cc2)CCC1. The smallest absolute Gasteiger partial charge is 0.321 e. The van der Waals surface area contributed by atoms with Gasteiger partial charge in [-0.15, -0.1) is 0 Å². The van der Waals surface area contributed by atoms with Gasteiger partial charge in [0.05, 0.1) is 6.20 Å². The Morgan fingerprint density at radius 3 is 2.44 bits per heavy atom. The molecular weight excluding hydrogens is 338 g/mol. The minimum absolute atomic E-state index is 0.187. The Labute approximate surface area is 155 Å². The minimum atomic E-state index is -0.405. The summed E-state index contributed by atoms with van der Waals surface area (Å²) in [5.41, 5.74) is 10.2. The quantitative estimate of drug-likeness (QED) is 0.589. The number of imidazole rings is 1. The van der Waals surface area contributed by atoms with E-state index in [1.165, 1.54) is 6.42 Å². The van der Waals surface area contributed by atoms with E-state index in [0.29, 0.717) is 5.65 Å². The molecule has 0 saturated heterocycles. The zero-order chi connectivity index (χ0) is 18.4. The van der Waals surface area contributed by atoms with Gasteiger partial charge in [0, 0.05) is 16.8 Å². The first-order valence-electron chi connectivity index (χ1n) is 9.07. The third kappa shape index (κ3) is 2.57. The van der Waals surface area contributed by atoms with E-state index in [1.807, 2.05) is 34.9 Å². The number of nitrogens with zero attached hydrogens (tertiary/aromatic N) is 3. The van der Waals surface area contributed by atoms with Gasteiger partial charge in [0.1, 0.15) is 11.3 Å². The van der Waals surface area contributed by atoms with E-state index in [1.54, 1.807) is 6.20 Å². The molecule has 0 bridgehead atoms. The Kier molecular flexibility index (Phi) is 3.48. The fraction of sp³-hybridized carbons (Fsp3) is 0.190. The summed E-state index contributed by atoms with van der Waals surface area (Å²) in [6, 6.07) is 18.2. The molecule has 1 aliphatic rings. The summed E-state index contributed by atoms with van der Waals surface area (Å²) in [6.07, 6.45) is 4.81. The lowest BCUT2D eigenvalue weighted by molar-refractivity contribution is 0.253. The standard InChI is InChI=1S/C21H19N5O/c22-21(11-4-12-21)15-9-7-14(8-10-15)19-24-18-17(13-23-20(27)25-18)26(19)16-5-2-1-3-6-16/h1-3,5-10,13H,4,11-12,22H2,(H,23,25,27). The molecule has 5 rings (SSSR count). The van der Waals surface area contributed by atoms with E-state index in [0.717, 1.165) is 41.0 Å². The van der Waals surface area contributed by atoms with Gasteiger partial charge >= 0.3 is 5.69 Å². The molecule has 1 fully saturated rings. The average molecular weight is 357 g/mol. The number of nitrogens with one attached hydrogen (secondary N) is 1. The number of hydrogen-bond donors (Lipinski definition) is 2. The van der Waals surface area contributed by atoms with Gasteiger partial charge in [-0.2, -0.15) is 4.98 Å². The lowest BCUT2D eigenvalue weighted by Gasteiger charge is -2.38. The molecule has 134 valence electrons. The molecule has 27 heavy (non-hydrogen) atoms. The molecule has 1 aliphatic carbocycles. The zero-order valence-corrected chi connectivity index (χ0v) is 14.7. The van der Waals surface area contributed by atoms with Gasteiger partial charge < -0.3 is 5.73 Å². The van der Waals surface area contributed by atoms with Crippen molar-refractivity contribution in [2.75, 3.05) is 0 Å². The van der Waals surface area contributed by atoms with Gasteiger partial charge in [-0.3, -0.25) is 9.55 Å². The highest BCUT2D eigenvalue weighted by Crippen LogP contribution is 2.39. The highest BCUT2D eigenvalue weighted by atomic mass is 16.1. The number of nitrogens with two attached hydrogens (primary N) is 1. The molecule has 4 aromatic rings. The van der Waals surface area contributed by atoms with E-state index in [2.05, 4.69) is 39.2 Å². The van der Waals surface area contributed by atoms with Crippen molar-refractivity contribution in [2.45, 2.75) is 24.8 Å². The zero-order valence-electron chi connectivity index (χ0n) is 14.7. The normalized spacial score (nSPS) is 15.6. The number of aromatic amines is 1. The van der Waals surface area contributed by atoms with Crippen LogP contribution in [0, 0.1) is 0 Å². The average Bonchev–Trinajstić information content (AvgIpc) is 3.05. The number of fused-ring (bicyclic) bond motifs is 1. The van der Waals surface area contributed by atoms with Crippen LogP contribution in [0.25, 0.3) is 28.2 Å². The van der Waals surface area contributed by atoms with Crippen molar-refractivity contribution in [3.8, 4) is 17.1 Å². The molecule has 0 atom stereocenters. The van der Waals surface area contributed by atoms with Crippen LogP contribution >= 0.6 is 0 Å². The molecule has 2 aromatic carbocycles. The van der Waals surface area contributed by atoms with E-state index < -0.39 is 5.69 Å². The van der Waals surface area contributed by atoms with Crippen molar-refractivity contribution in [2.24, 2.45) is 5.73 Å². The van der Waals surface area contributed by atoms with Crippen molar-refractivity contribution < 1.29 is 0 Å². The third-order valence-electron chi connectivity index (χ3n) is 5.42. The second-order valence-corrected chi connectivity index (χ2v) is 7.12. The molecule has 6 nitrogen and oxygen atoms in total. The summed E-state index contributed by atoms with van der Waals surface area (Å²) in [5, 5.41) is 0. The molecule has 0 amide bonds. The van der Waals surface area contributed by atoms with E-state index in [-0.39, 0.29) is 5.54 Å². The predicted octanol–water partition coefficient (Wildman–Crippen LogP) is 3.11. The fourth-order valence-electron chi connectivity index (χ4n) is 3.73. The van der Waals surface area contributed by atoms with Crippen LogP contribution < -0.4 is 11.4 Å². The first-order chi connectivity index (χ1) is 13.1. The van der Waals surface area contributed by atoms with Gasteiger partial charge in [-0.25, -0.2) is 9.78 Å². The molecule has 2 heterocycles. The topological polar surface area (TPSA) is 89.6 Å². The number of para-hydroxylation sites is 1. The van der Waals surface area contributed by atoms with Gasteiger partial charge in [-0.05, 0) is 37.0 Å². The van der Waals surface area contributed by atoms with E-state index >= 15 is 0 Å². The van der Waals surface area contributed by atoms with Crippen molar-refractivity contribution in [3.63, 3.8) is 0 Å². The van der Waals surface area contributed by atoms with Crippen molar-refractivity contribution in [1.82, 2.24) is 19.5 Å². The monoisotopic (exact) mass is 357 g/mol. The number of hydrogen-bond acceptors (Lipinski definition) is 4. The lowest BCUT2D eigenvalue weighted by atomic mass is 9.73. The maximum atomic E-state index is 11.6. The van der Waals surface area contributed by atoms with Gasteiger partial charge in [-0.1, -0.05) is 42.5 Å². The van der Waals surface area contributed by atoms with E-state index in [9.17, 15) is 4.79 Å². The number of benzene rings is 2. The molecule has 0 radical (unpaired) electrons. The Balaban J connectivity index is 1.69. The minimum Gasteiger partial charge on any atom is -0.321 e. The molecule has 0 unspecified atom stereocenters. The highest BCUT2D eigenvalue weighted by molar-refractivity contribution is 5.79. The Bertz CT molecular complexity index is 1170. The Morgan fingerprint density at radius 2 is 1.78 bits per heavy atom. The number of rotatable bonds is 3. The fourth-order valence-corrected chi connectivity index (χ4v) is 3.73. The van der Waals surface area contributed by atoms with Gasteiger partial charge in [0.2, 0.25) is 0 Å². The number of aromatic nitrogens is 4. The maximum Gasteiger partial charge on any atom is 0.346 e. The van der Waals surface area contributed by atoms with Crippen LogP contribution in [0.1, 0.15) is 24.8 Å². The summed E-state index contributed by atoms with van der Waals surface area (Å²) in [4.78, 5) is 22.9. The maximum absolute atomic E-state index is 11.6. The van der Waals surface area contributed by atoms with Crippen LogP contribution in [0.15, 0.2) is 65.6 Å². The molecular formula is C21H19N5O. The first-order valence-corrected chi connectivity index (χ1v) is 9.07. The molecule has 1 saturated carbocycles. The molecule has 3 N–H and O–H groups in total. The van der Waals surface area contributed by atoms with Crippen molar-refractivity contribution >= 4 is 11.2 Å². The summed E-state index contributed by atoms with van der Waals surface area (Å²) in [6.45, 7) is 0. The van der Waals surface area contributed by atoms with Crippen molar-refractivity contribution in [1.29, 1.82) is 0 Å². The number of H-pyrrole nitrogens is 1. The lowest BCUT2D eigenvalue weighted by Crippen LogP contribution is -2.43. The Morgan fingerprint density at radius 1 is 1.04 bits per heavy atom. The summed E-state index contributed by atoms with van der Waals surface area (Å²) in [7, 11) is 0. The Hall–Kier alpha value is -3.25. The molecule has 6 heteroatoms. The van der Waals surface area contributed by atoms with Crippen LogP contribution in [0.2, 0.25) is 0 Å². The summed E-state index contributed by atoms with van der Waals surface area (Å²) in [5.74, 6) is 0.756. The molecule has 0 aliphatic heterocycles. The highest BCUT2D eigenvalue weighted by Gasteiger charge is 2.34. The third-order valence-corrected chi connectivity index (χ3v) is 5.42. The largest absolute Gasteiger partial charge is 0.346 e. The van der Waals surface area contributed by atoms with Crippen molar-refractivity contribution in [3.05, 3.63) is 76.8 Å². The van der Waals surface area contributed by atoms with Crippen LogP contribution in [0.5, 0.6) is 0 Å². The van der Waals surface area contributed by atoms with Crippen LogP contribution in [-0.4, -0.2) is 19.5 Å². The first kappa shape index (κ1) is 16.0. The van der Waals surface area contributed by atoms with Gasteiger partial charge in [0.25, 0.3) is 0 Å². The predicted molar refractivity (Wildman–Crippen MR) is 105 cm³/mol. The van der Waals surface area contributed by atoms with Crippen LogP contribution in [0.4, 0.5) is 0 Å². The van der Waals surface area contributed by atoms with Crippen LogP contribution in [0.3, 0.4) is 0 Å². The second-order valence-electron chi connectivity index (χ2n) is 7.12. The summed E-state index contributed by atoms with van der Waals surface area (Å²) >= 11 is 0. The molecule has 2 aromatic heterocycles. The molecule has 0 spiro atoms. The van der Waals surface area contributed by atoms with E-state index in [4.69, 9.17) is 5.73 Å².